The number of hydrogen-bond donors (Lipinski definition) is 1. The van der Waals surface area contributed by atoms with Gasteiger partial charge in [0.1, 0.15) is 5.75 Å². The Hall–Kier alpha value is -1.88. The second-order valence-corrected chi connectivity index (χ2v) is 5.51. The number of Topliss-reactive ketones (excluding diaryl/α,β-unsaturated/α-hetero) is 1. The van der Waals surface area contributed by atoms with E-state index in [-0.39, 0.29) is 17.6 Å². The normalized spacial score (nSPS) is 17.7. The van der Waals surface area contributed by atoms with Gasteiger partial charge in [0.2, 0.25) is 0 Å². The van der Waals surface area contributed by atoms with Crippen molar-refractivity contribution in [3.05, 3.63) is 23.8 Å². The number of benzene rings is 1. The van der Waals surface area contributed by atoms with E-state index in [4.69, 9.17) is 10.5 Å². The van der Waals surface area contributed by atoms with E-state index in [9.17, 15) is 9.59 Å². The molecule has 0 saturated heterocycles. The Kier molecular flexibility index (Phi) is 4.63. The molecular formula is C16H22N2O3. The molecule has 0 aliphatic carbocycles. The van der Waals surface area contributed by atoms with Crippen molar-refractivity contribution in [3.63, 3.8) is 0 Å². The first kappa shape index (κ1) is 15.5. The Morgan fingerprint density at radius 3 is 2.71 bits per heavy atom. The van der Waals surface area contributed by atoms with Gasteiger partial charge in [-0.2, -0.15) is 0 Å². The van der Waals surface area contributed by atoms with E-state index in [0.717, 1.165) is 0 Å². The fourth-order valence-corrected chi connectivity index (χ4v) is 2.48. The Morgan fingerprint density at radius 1 is 1.43 bits per heavy atom. The molecule has 1 atom stereocenters. The predicted octanol–water partition coefficient (Wildman–Crippen LogP) is 1.99. The summed E-state index contributed by atoms with van der Waals surface area (Å²) in [7, 11) is 0. The minimum atomic E-state index is -0.469. The van der Waals surface area contributed by atoms with Crippen molar-refractivity contribution in [1.82, 2.24) is 0 Å². The summed E-state index contributed by atoms with van der Waals surface area (Å²) in [5.41, 5.74) is 6.66. The van der Waals surface area contributed by atoms with E-state index in [1.54, 1.807) is 23.1 Å². The van der Waals surface area contributed by atoms with Crippen molar-refractivity contribution in [2.45, 2.75) is 33.3 Å². The third kappa shape index (κ3) is 2.93. The zero-order chi connectivity index (χ0) is 15.6. The van der Waals surface area contributed by atoms with E-state index in [1.165, 1.54) is 0 Å². The molecule has 1 heterocycles. The second kappa shape index (κ2) is 6.26. The molecule has 1 aliphatic heterocycles. The van der Waals surface area contributed by atoms with Crippen molar-refractivity contribution in [3.8, 4) is 5.75 Å². The summed E-state index contributed by atoms with van der Waals surface area (Å²) in [6.07, 6.45) is -0.169. The van der Waals surface area contributed by atoms with Gasteiger partial charge >= 0.3 is 0 Å². The maximum atomic E-state index is 12.5. The van der Waals surface area contributed by atoms with Gasteiger partial charge in [-0.05, 0) is 37.6 Å². The Balaban J connectivity index is 2.41. The number of nitrogens with zero attached hydrogens (tertiary/aromatic N) is 1. The van der Waals surface area contributed by atoms with Gasteiger partial charge in [-0.15, -0.1) is 0 Å². The Bertz CT molecular complexity index is 554. The van der Waals surface area contributed by atoms with Crippen molar-refractivity contribution in [2.75, 3.05) is 18.0 Å². The maximum Gasteiger partial charge on any atom is 0.268 e. The zero-order valence-corrected chi connectivity index (χ0v) is 12.8. The molecule has 0 bridgehead atoms. The van der Waals surface area contributed by atoms with Gasteiger partial charge in [0.15, 0.2) is 11.9 Å². The highest BCUT2D eigenvalue weighted by molar-refractivity contribution is 6.03. The van der Waals surface area contributed by atoms with Crippen LogP contribution in [0.15, 0.2) is 18.2 Å². The molecule has 0 aromatic heterocycles. The third-order valence-corrected chi connectivity index (χ3v) is 3.63. The number of rotatable bonds is 5. The number of amides is 1. The van der Waals surface area contributed by atoms with Crippen LogP contribution in [0, 0.1) is 5.92 Å². The second-order valence-electron chi connectivity index (χ2n) is 5.51. The van der Waals surface area contributed by atoms with Gasteiger partial charge in [0.05, 0.1) is 5.69 Å². The van der Waals surface area contributed by atoms with Crippen LogP contribution in [0.4, 0.5) is 5.69 Å². The number of fused-ring (bicyclic) bond motifs is 1. The number of likely N-dealkylation sites (N-methyl/N-ethyl adjacent to an activating group) is 1. The van der Waals surface area contributed by atoms with Crippen LogP contribution in [-0.2, 0) is 4.79 Å². The number of hydrogen-bond acceptors (Lipinski definition) is 4. The quantitative estimate of drug-likeness (QED) is 0.842. The molecule has 1 amide bonds. The van der Waals surface area contributed by atoms with Crippen molar-refractivity contribution < 1.29 is 14.3 Å². The van der Waals surface area contributed by atoms with Crippen LogP contribution in [-0.4, -0.2) is 30.9 Å². The van der Waals surface area contributed by atoms with Crippen molar-refractivity contribution >= 4 is 17.4 Å². The average Bonchev–Trinajstić information content (AvgIpc) is 2.46. The molecule has 1 aromatic rings. The third-order valence-electron chi connectivity index (χ3n) is 3.63. The van der Waals surface area contributed by atoms with Gasteiger partial charge in [0.25, 0.3) is 5.91 Å². The van der Waals surface area contributed by atoms with Gasteiger partial charge in [-0.1, -0.05) is 13.8 Å². The molecule has 2 rings (SSSR count). The molecule has 0 saturated carbocycles. The molecule has 1 aliphatic rings. The summed E-state index contributed by atoms with van der Waals surface area (Å²) >= 11 is 0. The first-order valence-corrected chi connectivity index (χ1v) is 7.35. The average molecular weight is 290 g/mol. The fraction of sp³-hybridized carbons (Fsp3) is 0.500. The van der Waals surface area contributed by atoms with E-state index in [2.05, 4.69) is 0 Å². The SMILES string of the molecule is CCN1C(=O)C(C(C)C)Oc2ccc(C(=O)CCN)cc21. The minimum absolute atomic E-state index is 0.0187. The smallest absolute Gasteiger partial charge is 0.268 e. The summed E-state index contributed by atoms with van der Waals surface area (Å²) in [6.45, 7) is 6.70. The predicted molar refractivity (Wildman–Crippen MR) is 81.7 cm³/mol. The van der Waals surface area contributed by atoms with Crippen LogP contribution in [0.25, 0.3) is 0 Å². The molecule has 1 aromatic carbocycles. The van der Waals surface area contributed by atoms with Gasteiger partial charge in [0, 0.05) is 18.5 Å². The summed E-state index contributed by atoms with van der Waals surface area (Å²) in [5.74, 6) is 0.677. The lowest BCUT2D eigenvalue weighted by Crippen LogP contribution is -2.48. The van der Waals surface area contributed by atoms with Crippen LogP contribution in [0.1, 0.15) is 37.6 Å². The fourth-order valence-electron chi connectivity index (χ4n) is 2.48. The lowest BCUT2D eigenvalue weighted by atomic mass is 10.0. The molecule has 114 valence electrons. The van der Waals surface area contributed by atoms with Crippen molar-refractivity contribution in [2.24, 2.45) is 11.7 Å². The zero-order valence-electron chi connectivity index (χ0n) is 12.8. The van der Waals surface area contributed by atoms with E-state index >= 15 is 0 Å². The van der Waals surface area contributed by atoms with Crippen LogP contribution in [0.5, 0.6) is 5.75 Å². The molecule has 5 heteroatoms. The number of ether oxygens (including phenoxy) is 1. The van der Waals surface area contributed by atoms with Gasteiger partial charge in [-0.25, -0.2) is 0 Å². The number of anilines is 1. The van der Waals surface area contributed by atoms with E-state index in [0.29, 0.717) is 36.5 Å². The number of ketones is 1. The highest BCUT2D eigenvalue weighted by Gasteiger charge is 2.35. The van der Waals surface area contributed by atoms with Crippen LogP contribution in [0.3, 0.4) is 0 Å². The lowest BCUT2D eigenvalue weighted by Gasteiger charge is -2.35. The Morgan fingerprint density at radius 2 is 2.14 bits per heavy atom. The van der Waals surface area contributed by atoms with Gasteiger partial charge < -0.3 is 15.4 Å². The molecule has 2 N–H and O–H groups in total. The molecule has 21 heavy (non-hydrogen) atoms. The standard InChI is InChI=1S/C16H22N2O3/c1-4-18-12-9-11(13(19)7-8-17)5-6-14(12)21-15(10(2)3)16(18)20/h5-6,9-10,15H,4,7-8,17H2,1-3H3. The summed E-state index contributed by atoms with van der Waals surface area (Å²) in [5, 5.41) is 0. The minimum Gasteiger partial charge on any atom is -0.478 e. The van der Waals surface area contributed by atoms with Gasteiger partial charge in [-0.3, -0.25) is 9.59 Å². The summed E-state index contributed by atoms with van der Waals surface area (Å²) in [6, 6.07) is 5.23. The molecule has 5 nitrogen and oxygen atoms in total. The first-order chi connectivity index (χ1) is 9.99. The highest BCUT2D eigenvalue weighted by Crippen LogP contribution is 2.36. The largest absolute Gasteiger partial charge is 0.478 e. The van der Waals surface area contributed by atoms with Crippen molar-refractivity contribution in [1.29, 1.82) is 0 Å². The van der Waals surface area contributed by atoms with Crippen LogP contribution in [0.2, 0.25) is 0 Å². The Labute approximate surface area is 125 Å². The van der Waals surface area contributed by atoms with E-state index in [1.807, 2.05) is 20.8 Å². The van der Waals surface area contributed by atoms with E-state index < -0.39 is 6.10 Å². The number of carbonyl (C=O) groups is 2. The van der Waals surface area contributed by atoms with Crippen LogP contribution >= 0.6 is 0 Å². The topological polar surface area (TPSA) is 72.6 Å². The molecule has 0 fully saturated rings. The maximum absolute atomic E-state index is 12.5. The lowest BCUT2D eigenvalue weighted by molar-refractivity contribution is -0.128. The number of nitrogens with two attached hydrogens (primary N) is 1. The summed E-state index contributed by atoms with van der Waals surface area (Å²) < 4.78 is 5.81. The highest BCUT2D eigenvalue weighted by atomic mass is 16.5. The summed E-state index contributed by atoms with van der Waals surface area (Å²) in [4.78, 5) is 26.1. The molecule has 0 radical (unpaired) electrons. The first-order valence-electron chi connectivity index (χ1n) is 7.35. The number of carbonyl (C=O) groups excluding carboxylic acids is 2. The molecular weight excluding hydrogens is 268 g/mol. The van der Waals surface area contributed by atoms with Crippen LogP contribution < -0.4 is 15.4 Å². The monoisotopic (exact) mass is 290 g/mol. The molecule has 1 unspecified atom stereocenters. The molecule has 0 spiro atoms.